The van der Waals surface area contributed by atoms with Crippen molar-refractivity contribution in [3.8, 4) is 0 Å². The van der Waals surface area contributed by atoms with Crippen molar-refractivity contribution in [1.29, 1.82) is 0 Å². The van der Waals surface area contributed by atoms with Crippen LogP contribution >= 0.6 is 0 Å². The molecule has 1 fully saturated rings. The molecule has 22 heavy (non-hydrogen) atoms. The second kappa shape index (κ2) is 6.34. The van der Waals surface area contributed by atoms with Gasteiger partial charge in [-0.2, -0.15) is 4.98 Å². The Morgan fingerprint density at radius 2 is 2.00 bits per heavy atom. The smallest absolute Gasteiger partial charge is 0.227 e. The third kappa shape index (κ3) is 3.21. The van der Waals surface area contributed by atoms with Gasteiger partial charge in [0.1, 0.15) is 0 Å². The number of rotatable bonds is 5. The van der Waals surface area contributed by atoms with Crippen LogP contribution in [0.5, 0.6) is 0 Å². The Balaban J connectivity index is 1.59. The van der Waals surface area contributed by atoms with Gasteiger partial charge in [-0.3, -0.25) is 4.79 Å². The van der Waals surface area contributed by atoms with Crippen molar-refractivity contribution in [3.05, 3.63) is 47.1 Å². The van der Waals surface area contributed by atoms with Crippen molar-refractivity contribution < 1.29 is 18.1 Å². The molecule has 0 saturated heterocycles. The van der Waals surface area contributed by atoms with Gasteiger partial charge in [-0.15, -0.1) is 0 Å². The van der Waals surface area contributed by atoms with Crippen LogP contribution in [0.4, 0.5) is 8.78 Å². The van der Waals surface area contributed by atoms with E-state index in [2.05, 4.69) is 10.1 Å². The third-order valence-corrected chi connectivity index (χ3v) is 4.01. The van der Waals surface area contributed by atoms with Crippen LogP contribution in [-0.2, 0) is 6.42 Å². The van der Waals surface area contributed by atoms with Crippen LogP contribution in [0.2, 0.25) is 0 Å². The molecular weight excluding hydrogens is 290 g/mol. The Morgan fingerprint density at radius 3 is 2.73 bits per heavy atom. The van der Waals surface area contributed by atoms with Crippen LogP contribution in [0.3, 0.4) is 0 Å². The van der Waals surface area contributed by atoms with E-state index in [0.717, 1.165) is 25.0 Å². The van der Waals surface area contributed by atoms with Gasteiger partial charge in [0.2, 0.25) is 5.89 Å². The summed E-state index contributed by atoms with van der Waals surface area (Å²) in [6.07, 6.45) is 4.95. The zero-order chi connectivity index (χ0) is 15.5. The summed E-state index contributed by atoms with van der Waals surface area (Å²) in [5.41, 5.74) is 0.148. The maximum absolute atomic E-state index is 13.1. The van der Waals surface area contributed by atoms with E-state index in [0.29, 0.717) is 24.1 Å². The SMILES string of the molecule is O=C(CCc1nc(C2CCCC2)no1)c1ccc(F)c(F)c1. The number of carbonyl (C=O) groups excluding carboxylic acids is 1. The molecule has 0 unspecified atom stereocenters. The topological polar surface area (TPSA) is 56.0 Å². The van der Waals surface area contributed by atoms with E-state index in [4.69, 9.17) is 4.52 Å². The summed E-state index contributed by atoms with van der Waals surface area (Å²) in [4.78, 5) is 16.3. The number of hydrogen-bond acceptors (Lipinski definition) is 4. The van der Waals surface area contributed by atoms with E-state index in [9.17, 15) is 13.6 Å². The van der Waals surface area contributed by atoms with Gasteiger partial charge in [0, 0.05) is 24.3 Å². The highest BCUT2D eigenvalue weighted by atomic mass is 19.2. The molecule has 0 aliphatic heterocycles. The van der Waals surface area contributed by atoms with Gasteiger partial charge in [-0.05, 0) is 31.0 Å². The second-order valence-corrected chi connectivity index (χ2v) is 5.58. The fourth-order valence-corrected chi connectivity index (χ4v) is 2.75. The van der Waals surface area contributed by atoms with E-state index in [1.807, 2.05) is 0 Å². The summed E-state index contributed by atoms with van der Waals surface area (Å²) < 4.78 is 31.1. The lowest BCUT2D eigenvalue weighted by Gasteiger charge is -2.00. The summed E-state index contributed by atoms with van der Waals surface area (Å²) in [7, 11) is 0. The fourth-order valence-electron chi connectivity index (χ4n) is 2.75. The maximum atomic E-state index is 13.1. The maximum Gasteiger partial charge on any atom is 0.227 e. The van der Waals surface area contributed by atoms with Crippen molar-refractivity contribution in [1.82, 2.24) is 10.1 Å². The van der Waals surface area contributed by atoms with Crippen molar-refractivity contribution in [2.45, 2.75) is 44.4 Å². The molecule has 0 spiro atoms. The second-order valence-electron chi connectivity index (χ2n) is 5.58. The molecule has 1 aromatic heterocycles. The molecule has 1 aliphatic rings. The number of aryl methyl sites for hydroxylation is 1. The molecule has 1 saturated carbocycles. The normalized spacial score (nSPS) is 15.4. The molecule has 3 rings (SSSR count). The highest BCUT2D eigenvalue weighted by molar-refractivity contribution is 5.96. The van der Waals surface area contributed by atoms with Gasteiger partial charge in [0.25, 0.3) is 0 Å². The van der Waals surface area contributed by atoms with Gasteiger partial charge in [0.05, 0.1) is 0 Å². The molecule has 116 valence electrons. The lowest BCUT2D eigenvalue weighted by Crippen LogP contribution is -2.03. The van der Waals surface area contributed by atoms with Gasteiger partial charge in [0.15, 0.2) is 23.2 Å². The standard InChI is InChI=1S/C16H16F2N2O2/c17-12-6-5-11(9-13(12)18)14(21)7-8-15-19-16(20-22-15)10-3-1-2-4-10/h5-6,9-10H,1-4,7-8H2. The molecule has 0 N–H and O–H groups in total. The lowest BCUT2D eigenvalue weighted by molar-refractivity contribution is 0.0979. The van der Waals surface area contributed by atoms with E-state index in [1.54, 1.807) is 0 Å². The highest BCUT2D eigenvalue weighted by Crippen LogP contribution is 2.32. The van der Waals surface area contributed by atoms with Gasteiger partial charge >= 0.3 is 0 Å². The first-order valence-electron chi connectivity index (χ1n) is 7.44. The Morgan fingerprint density at radius 1 is 1.23 bits per heavy atom. The average molecular weight is 306 g/mol. The molecule has 1 heterocycles. The lowest BCUT2D eigenvalue weighted by atomic mass is 10.1. The Bertz CT molecular complexity index is 679. The molecular formula is C16H16F2N2O2. The minimum Gasteiger partial charge on any atom is -0.339 e. The molecule has 4 nitrogen and oxygen atoms in total. The van der Waals surface area contributed by atoms with Crippen molar-refractivity contribution in [2.24, 2.45) is 0 Å². The summed E-state index contributed by atoms with van der Waals surface area (Å²) >= 11 is 0. The number of Topliss-reactive ketones (excluding diaryl/α,β-unsaturated/α-hetero) is 1. The predicted molar refractivity (Wildman–Crippen MR) is 74.5 cm³/mol. The van der Waals surface area contributed by atoms with E-state index >= 15 is 0 Å². The molecule has 0 radical (unpaired) electrons. The Hall–Kier alpha value is -2.11. The number of halogens is 2. The first kappa shape index (κ1) is 14.8. The minimum atomic E-state index is -1.02. The molecule has 1 aliphatic carbocycles. The quantitative estimate of drug-likeness (QED) is 0.788. The molecule has 0 atom stereocenters. The van der Waals surface area contributed by atoms with Gasteiger partial charge in [-0.1, -0.05) is 18.0 Å². The zero-order valence-electron chi connectivity index (χ0n) is 12.0. The van der Waals surface area contributed by atoms with E-state index in [-0.39, 0.29) is 17.8 Å². The minimum absolute atomic E-state index is 0.122. The van der Waals surface area contributed by atoms with Crippen molar-refractivity contribution in [3.63, 3.8) is 0 Å². The fraction of sp³-hybridized carbons (Fsp3) is 0.438. The van der Waals surface area contributed by atoms with Crippen LogP contribution in [0.1, 0.15) is 60.1 Å². The first-order chi connectivity index (χ1) is 10.6. The van der Waals surface area contributed by atoms with E-state index < -0.39 is 11.6 Å². The molecule has 1 aromatic carbocycles. The van der Waals surface area contributed by atoms with Gasteiger partial charge < -0.3 is 4.52 Å². The van der Waals surface area contributed by atoms with Gasteiger partial charge in [-0.25, -0.2) is 8.78 Å². The van der Waals surface area contributed by atoms with Crippen LogP contribution < -0.4 is 0 Å². The largest absolute Gasteiger partial charge is 0.339 e. The number of ketones is 1. The van der Waals surface area contributed by atoms with E-state index in [1.165, 1.54) is 18.9 Å². The summed E-state index contributed by atoms with van der Waals surface area (Å²) in [6, 6.07) is 3.14. The summed E-state index contributed by atoms with van der Waals surface area (Å²) in [5, 5.41) is 3.97. The Labute approximate surface area is 126 Å². The first-order valence-corrected chi connectivity index (χ1v) is 7.44. The zero-order valence-corrected chi connectivity index (χ0v) is 12.0. The summed E-state index contributed by atoms with van der Waals surface area (Å²) in [6.45, 7) is 0. The number of nitrogens with zero attached hydrogens (tertiary/aromatic N) is 2. The molecule has 0 amide bonds. The van der Waals surface area contributed by atoms with Crippen LogP contribution in [0.25, 0.3) is 0 Å². The third-order valence-electron chi connectivity index (χ3n) is 4.01. The van der Waals surface area contributed by atoms with Crippen LogP contribution in [-0.4, -0.2) is 15.9 Å². The molecule has 0 bridgehead atoms. The van der Waals surface area contributed by atoms with Crippen LogP contribution in [0, 0.1) is 11.6 Å². The number of carbonyl (C=O) groups is 1. The van der Waals surface area contributed by atoms with Crippen molar-refractivity contribution in [2.75, 3.05) is 0 Å². The van der Waals surface area contributed by atoms with Crippen molar-refractivity contribution >= 4 is 5.78 Å². The number of aromatic nitrogens is 2. The summed E-state index contributed by atoms with van der Waals surface area (Å²) in [5.74, 6) is -0.772. The average Bonchev–Trinajstić information content (AvgIpc) is 3.18. The predicted octanol–water partition coefficient (Wildman–Crippen LogP) is 3.82. The van der Waals surface area contributed by atoms with Crippen LogP contribution in [0.15, 0.2) is 22.7 Å². The highest BCUT2D eigenvalue weighted by Gasteiger charge is 2.22. The molecule has 2 aromatic rings. The number of hydrogen-bond donors (Lipinski definition) is 0. The molecule has 6 heteroatoms. The Kier molecular flexibility index (Phi) is 4.27. The number of benzene rings is 1. The monoisotopic (exact) mass is 306 g/mol.